The van der Waals surface area contributed by atoms with Crippen molar-refractivity contribution in [2.75, 3.05) is 19.6 Å². The molecule has 1 unspecified atom stereocenters. The van der Waals surface area contributed by atoms with Gasteiger partial charge in [-0.1, -0.05) is 32.0 Å². The van der Waals surface area contributed by atoms with Crippen molar-refractivity contribution < 1.29 is 0 Å². The Morgan fingerprint density at radius 1 is 1.32 bits per heavy atom. The van der Waals surface area contributed by atoms with Crippen molar-refractivity contribution in [3.05, 3.63) is 36.0 Å². The van der Waals surface area contributed by atoms with Crippen LogP contribution in [0, 0.1) is 0 Å². The van der Waals surface area contributed by atoms with Gasteiger partial charge in [0.05, 0.1) is 0 Å². The van der Waals surface area contributed by atoms with Crippen LogP contribution in [-0.2, 0) is 5.41 Å². The first-order valence-electron chi connectivity index (χ1n) is 6.77. The molecular weight excluding hydrogens is 236 g/mol. The van der Waals surface area contributed by atoms with Gasteiger partial charge in [0, 0.05) is 48.2 Å². The summed E-state index contributed by atoms with van der Waals surface area (Å²) >= 11 is 0. The number of nitrogens with one attached hydrogen (secondary N) is 2. The summed E-state index contributed by atoms with van der Waals surface area (Å²) in [7, 11) is 0. The van der Waals surface area contributed by atoms with E-state index < -0.39 is 0 Å². The molecule has 0 aliphatic rings. The molecular formula is C15H24N4. The zero-order valence-electron chi connectivity index (χ0n) is 11.7. The van der Waals surface area contributed by atoms with E-state index in [9.17, 15) is 0 Å². The van der Waals surface area contributed by atoms with Crippen molar-refractivity contribution in [1.29, 1.82) is 0 Å². The Morgan fingerprint density at radius 2 is 2.05 bits per heavy atom. The normalized spacial score (nSPS) is 13.9. The summed E-state index contributed by atoms with van der Waals surface area (Å²) in [6.07, 6.45) is 2.11. The number of hydrogen-bond acceptors (Lipinski definition) is 3. The Kier molecular flexibility index (Phi) is 4.24. The van der Waals surface area contributed by atoms with Gasteiger partial charge in [-0.15, -0.1) is 0 Å². The van der Waals surface area contributed by atoms with Gasteiger partial charge in [-0.05, 0) is 11.6 Å². The van der Waals surface area contributed by atoms with Crippen molar-refractivity contribution >= 4 is 10.9 Å². The number of aromatic amines is 1. The van der Waals surface area contributed by atoms with Crippen LogP contribution in [0.15, 0.2) is 30.5 Å². The monoisotopic (exact) mass is 260 g/mol. The summed E-state index contributed by atoms with van der Waals surface area (Å²) in [6, 6.07) is 8.42. The van der Waals surface area contributed by atoms with Gasteiger partial charge in [-0.3, -0.25) is 0 Å². The standard InChI is InChI=1S/C15H24N4/c1-15(2,10-18-8-11(17)7-16)13-9-19-14-6-4-3-5-12(13)14/h3-6,9,11,18-19H,7-8,10,16-17H2,1-2H3. The molecule has 0 saturated heterocycles. The van der Waals surface area contributed by atoms with Gasteiger partial charge < -0.3 is 21.8 Å². The summed E-state index contributed by atoms with van der Waals surface area (Å²) in [4.78, 5) is 3.33. The van der Waals surface area contributed by atoms with Crippen molar-refractivity contribution in [2.45, 2.75) is 25.3 Å². The van der Waals surface area contributed by atoms with Gasteiger partial charge >= 0.3 is 0 Å². The van der Waals surface area contributed by atoms with Gasteiger partial charge in [0.1, 0.15) is 0 Å². The molecule has 0 saturated carbocycles. The summed E-state index contributed by atoms with van der Waals surface area (Å²) in [5.41, 5.74) is 13.9. The summed E-state index contributed by atoms with van der Waals surface area (Å²) in [5.74, 6) is 0. The fourth-order valence-electron chi connectivity index (χ4n) is 2.38. The second-order valence-electron chi connectivity index (χ2n) is 5.76. The number of benzene rings is 1. The van der Waals surface area contributed by atoms with Crippen molar-refractivity contribution in [2.24, 2.45) is 11.5 Å². The van der Waals surface area contributed by atoms with E-state index in [1.54, 1.807) is 0 Å². The van der Waals surface area contributed by atoms with Gasteiger partial charge in [0.15, 0.2) is 0 Å². The molecule has 0 radical (unpaired) electrons. The van der Waals surface area contributed by atoms with Crippen LogP contribution in [0.4, 0.5) is 0 Å². The lowest BCUT2D eigenvalue weighted by Crippen LogP contribution is -2.43. The SMILES string of the molecule is CC(C)(CNCC(N)CN)c1c[nH]c2ccccc12. The van der Waals surface area contributed by atoms with E-state index >= 15 is 0 Å². The molecule has 0 spiro atoms. The number of aromatic nitrogens is 1. The number of para-hydroxylation sites is 1. The lowest BCUT2D eigenvalue weighted by atomic mass is 9.84. The molecule has 0 aliphatic heterocycles. The second kappa shape index (κ2) is 5.74. The van der Waals surface area contributed by atoms with E-state index in [0.29, 0.717) is 6.54 Å². The van der Waals surface area contributed by atoms with Gasteiger partial charge in [-0.25, -0.2) is 0 Å². The Bertz CT molecular complexity index is 530. The Balaban J connectivity index is 2.10. The maximum Gasteiger partial charge on any atom is 0.0457 e. The van der Waals surface area contributed by atoms with Crippen LogP contribution in [0.5, 0.6) is 0 Å². The molecule has 1 aromatic heterocycles. The Hall–Kier alpha value is -1.36. The number of rotatable bonds is 6. The maximum atomic E-state index is 5.82. The molecule has 1 aromatic carbocycles. The second-order valence-corrected chi connectivity index (χ2v) is 5.76. The largest absolute Gasteiger partial charge is 0.361 e. The highest BCUT2D eigenvalue weighted by Crippen LogP contribution is 2.29. The molecule has 2 aromatic rings. The van der Waals surface area contributed by atoms with E-state index in [-0.39, 0.29) is 11.5 Å². The van der Waals surface area contributed by atoms with Gasteiger partial charge in [0.2, 0.25) is 0 Å². The van der Waals surface area contributed by atoms with Crippen LogP contribution in [0.3, 0.4) is 0 Å². The van der Waals surface area contributed by atoms with E-state index in [1.807, 2.05) is 6.07 Å². The molecule has 1 heterocycles. The first-order chi connectivity index (χ1) is 9.04. The molecule has 0 fully saturated rings. The minimum absolute atomic E-state index is 0.0266. The molecule has 4 heteroatoms. The van der Waals surface area contributed by atoms with E-state index in [2.05, 4.69) is 48.5 Å². The minimum atomic E-state index is 0.0266. The summed E-state index contributed by atoms with van der Waals surface area (Å²) in [5, 5.41) is 4.70. The van der Waals surface area contributed by atoms with Crippen LogP contribution in [0.1, 0.15) is 19.4 Å². The average Bonchev–Trinajstić information content (AvgIpc) is 2.82. The van der Waals surface area contributed by atoms with Crippen molar-refractivity contribution in [3.8, 4) is 0 Å². The molecule has 0 amide bonds. The molecule has 1 atom stereocenters. The third kappa shape index (κ3) is 3.15. The smallest absolute Gasteiger partial charge is 0.0457 e. The molecule has 0 aliphatic carbocycles. The van der Waals surface area contributed by atoms with Gasteiger partial charge in [-0.2, -0.15) is 0 Å². The summed E-state index contributed by atoms with van der Waals surface area (Å²) in [6.45, 7) is 6.62. The van der Waals surface area contributed by atoms with Crippen LogP contribution >= 0.6 is 0 Å². The molecule has 2 rings (SSSR count). The van der Waals surface area contributed by atoms with Crippen LogP contribution in [-0.4, -0.2) is 30.7 Å². The first-order valence-corrected chi connectivity index (χ1v) is 6.77. The number of H-pyrrole nitrogens is 1. The fourth-order valence-corrected chi connectivity index (χ4v) is 2.38. The van der Waals surface area contributed by atoms with E-state index in [4.69, 9.17) is 11.5 Å². The number of nitrogens with two attached hydrogens (primary N) is 2. The van der Waals surface area contributed by atoms with Crippen LogP contribution in [0.2, 0.25) is 0 Å². The maximum absolute atomic E-state index is 5.82. The first kappa shape index (κ1) is 14.1. The third-order valence-corrected chi connectivity index (χ3v) is 3.59. The highest BCUT2D eigenvalue weighted by Gasteiger charge is 2.23. The lowest BCUT2D eigenvalue weighted by molar-refractivity contribution is 0.456. The highest BCUT2D eigenvalue weighted by atomic mass is 14.9. The highest BCUT2D eigenvalue weighted by molar-refractivity contribution is 5.84. The Labute approximate surface area is 114 Å². The zero-order chi connectivity index (χ0) is 13.9. The topological polar surface area (TPSA) is 79.9 Å². The molecule has 19 heavy (non-hydrogen) atoms. The van der Waals surface area contributed by atoms with E-state index in [1.165, 1.54) is 16.5 Å². The summed E-state index contributed by atoms with van der Waals surface area (Å²) < 4.78 is 0. The minimum Gasteiger partial charge on any atom is -0.361 e. The third-order valence-electron chi connectivity index (χ3n) is 3.59. The quantitative estimate of drug-likeness (QED) is 0.632. The van der Waals surface area contributed by atoms with Crippen LogP contribution in [0.25, 0.3) is 10.9 Å². The Morgan fingerprint density at radius 3 is 2.79 bits per heavy atom. The predicted octanol–water partition coefficient (Wildman–Crippen LogP) is 1.32. The predicted molar refractivity (Wildman–Crippen MR) is 81.2 cm³/mol. The van der Waals surface area contributed by atoms with E-state index in [0.717, 1.165) is 13.1 Å². The van der Waals surface area contributed by atoms with Crippen molar-refractivity contribution in [3.63, 3.8) is 0 Å². The average molecular weight is 260 g/mol. The number of fused-ring (bicyclic) bond motifs is 1. The van der Waals surface area contributed by atoms with Crippen molar-refractivity contribution in [1.82, 2.24) is 10.3 Å². The number of hydrogen-bond donors (Lipinski definition) is 4. The molecule has 6 N–H and O–H groups in total. The van der Waals surface area contributed by atoms with Crippen LogP contribution < -0.4 is 16.8 Å². The molecule has 4 nitrogen and oxygen atoms in total. The zero-order valence-corrected chi connectivity index (χ0v) is 11.7. The molecule has 104 valence electrons. The van der Waals surface area contributed by atoms with Gasteiger partial charge in [0.25, 0.3) is 0 Å². The fraction of sp³-hybridized carbons (Fsp3) is 0.467. The molecule has 0 bridgehead atoms. The lowest BCUT2D eigenvalue weighted by Gasteiger charge is -2.26.